The molecule has 0 aliphatic heterocycles. The first-order valence-electron chi connectivity index (χ1n) is 3.45. The van der Waals surface area contributed by atoms with Crippen molar-refractivity contribution in [2.45, 2.75) is 33.5 Å². The van der Waals surface area contributed by atoms with Gasteiger partial charge in [-0.25, -0.2) is 4.79 Å². The van der Waals surface area contributed by atoms with Gasteiger partial charge in [0.15, 0.2) is 0 Å². The van der Waals surface area contributed by atoms with Gasteiger partial charge < -0.3 is 0 Å². The Bertz CT molecular complexity index is 133. The fraction of sp³-hybridized carbons (Fsp3) is 0.857. The van der Waals surface area contributed by atoms with Gasteiger partial charge in [-0.05, 0) is 5.41 Å². The van der Waals surface area contributed by atoms with Gasteiger partial charge in [0.1, 0.15) is 0 Å². The van der Waals surface area contributed by atoms with E-state index in [-0.39, 0.29) is 0 Å². The standard InChI is InChI=1S/C7H13BNO/c1-7(2,3)4-5-8-9-6-10/h4-5H2,1-3H3. The Kier molecular flexibility index (Phi) is 4.05. The second-order valence-corrected chi connectivity index (χ2v) is 3.50. The highest BCUT2D eigenvalue weighted by Gasteiger charge is 2.08. The molecule has 3 heteroatoms. The van der Waals surface area contributed by atoms with E-state index in [0.29, 0.717) is 5.41 Å². The summed E-state index contributed by atoms with van der Waals surface area (Å²) in [5.41, 5.74) is 0.328. The maximum atomic E-state index is 9.61. The van der Waals surface area contributed by atoms with Crippen LogP contribution in [0.15, 0.2) is 4.90 Å². The van der Waals surface area contributed by atoms with E-state index < -0.39 is 0 Å². The molecule has 0 bridgehead atoms. The average molecular weight is 138 g/mol. The number of hydrogen-bond donors (Lipinski definition) is 0. The van der Waals surface area contributed by atoms with Crippen molar-refractivity contribution in [2.75, 3.05) is 0 Å². The van der Waals surface area contributed by atoms with Crippen LogP contribution >= 0.6 is 0 Å². The smallest absolute Gasteiger partial charge is 0.275 e. The van der Waals surface area contributed by atoms with E-state index in [0.717, 1.165) is 12.7 Å². The number of isocyanates is 1. The van der Waals surface area contributed by atoms with Gasteiger partial charge in [-0.1, -0.05) is 33.5 Å². The Morgan fingerprint density at radius 2 is 2.10 bits per heavy atom. The molecule has 0 saturated carbocycles. The van der Waals surface area contributed by atoms with Crippen LogP contribution in [0.4, 0.5) is 0 Å². The van der Waals surface area contributed by atoms with E-state index in [1.165, 1.54) is 6.08 Å². The molecule has 0 rings (SSSR count). The van der Waals surface area contributed by atoms with Crippen LogP contribution in [-0.2, 0) is 4.79 Å². The predicted octanol–water partition coefficient (Wildman–Crippen LogP) is 1.80. The molecule has 0 aliphatic carbocycles. The largest absolute Gasteiger partial charge is 0.292 e. The van der Waals surface area contributed by atoms with E-state index in [9.17, 15) is 4.79 Å². The summed E-state index contributed by atoms with van der Waals surface area (Å²) in [4.78, 5) is 13.0. The summed E-state index contributed by atoms with van der Waals surface area (Å²) in [7, 11) is 1.61. The van der Waals surface area contributed by atoms with Crippen LogP contribution in [0.3, 0.4) is 0 Å². The quantitative estimate of drug-likeness (QED) is 0.253. The molecular formula is C7H13BNO. The third kappa shape index (κ3) is 7.44. The van der Waals surface area contributed by atoms with E-state index in [1.54, 1.807) is 7.41 Å². The maximum absolute atomic E-state index is 9.61. The molecule has 0 saturated heterocycles. The molecule has 0 aromatic rings. The fourth-order valence-corrected chi connectivity index (χ4v) is 0.599. The Hall–Kier alpha value is -0.555. The molecule has 0 aromatic carbocycles. The molecule has 1 radical (unpaired) electrons. The Balaban J connectivity index is 3.28. The topological polar surface area (TPSA) is 29.4 Å². The number of hydrogen-bond acceptors (Lipinski definition) is 2. The van der Waals surface area contributed by atoms with Crippen LogP contribution in [-0.4, -0.2) is 13.5 Å². The van der Waals surface area contributed by atoms with Crippen molar-refractivity contribution in [3.8, 4) is 0 Å². The second-order valence-electron chi connectivity index (χ2n) is 3.50. The predicted molar refractivity (Wildman–Crippen MR) is 42.8 cm³/mol. The molecule has 0 atom stereocenters. The van der Waals surface area contributed by atoms with Gasteiger partial charge in [-0.15, -0.1) is 0 Å². The van der Waals surface area contributed by atoms with Gasteiger partial charge >= 0.3 is 0 Å². The van der Waals surface area contributed by atoms with Crippen LogP contribution < -0.4 is 0 Å². The van der Waals surface area contributed by atoms with Crippen LogP contribution in [0.5, 0.6) is 0 Å². The van der Waals surface area contributed by atoms with Gasteiger partial charge in [-0.3, -0.25) is 4.90 Å². The van der Waals surface area contributed by atoms with Crippen molar-refractivity contribution in [1.82, 2.24) is 0 Å². The normalized spacial score (nSPS) is 10.3. The summed E-state index contributed by atoms with van der Waals surface area (Å²) in [6, 6.07) is 0. The van der Waals surface area contributed by atoms with Gasteiger partial charge in [0, 0.05) is 0 Å². The van der Waals surface area contributed by atoms with E-state index in [2.05, 4.69) is 25.7 Å². The SMILES string of the molecule is CC(C)(C)CC[B]N=C=O. The lowest BCUT2D eigenvalue weighted by Gasteiger charge is -2.15. The minimum Gasteiger partial charge on any atom is -0.275 e. The third-order valence-electron chi connectivity index (χ3n) is 1.17. The molecular weight excluding hydrogens is 125 g/mol. The van der Waals surface area contributed by atoms with E-state index in [1.807, 2.05) is 0 Å². The van der Waals surface area contributed by atoms with Crippen molar-refractivity contribution in [1.29, 1.82) is 0 Å². The van der Waals surface area contributed by atoms with Crippen LogP contribution in [0.2, 0.25) is 6.32 Å². The number of rotatable bonds is 3. The van der Waals surface area contributed by atoms with Crippen molar-refractivity contribution < 1.29 is 4.79 Å². The Morgan fingerprint density at radius 1 is 1.50 bits per heavy atom. The first kappa shape index (κ1) is 9.44. The molecule has 0 aromatic heterocycles. The van der Waals surface area contributed by atoms with Gasteiger partial charge in [0.25, 0.3) is 7.41 Å². The highest BCUT2D eigenvalue weighted by molar-refractivity contribution is 6.34. The molecule has 0 fully saturated rings. The highest BCUT2D eigenvalue weighted by atomic mass is 16.1. The molecule has 0 unspecified atom stereocenters. The molecule has 10 heavy (non-hydrogen) atoms. The lowest BCUT2D eigenvalue weighted by Crippen LogP contribution is -2.05. The molecule has 0 amide bonds. The summed E-state index contributed by atoms with van der Waals surface area (Å²) in [6.45, 7) is 6.47. The monoisotopic (exact) mass is 138 g/mol. The molecule has 0 heterocycles. The Labute approximate surface area is 63.0 Å². The van der Waals surface area contributed by atoms with Gasteiger partial charge in [0.05, 0.1) is 0 Å². The molecule has 2 nitrogen and oxygen atoms in total. The van der Waals surface area contributed by atoms with Gasteiger partial charge in [0.2, 0.25) is 6.08 Å². The summed E-state index contributed by atoms with van der Waals surface area (Å²) in [5.74, 6) is 0. The van der Waals surface area contributed by atoms with Crippen molar-refractivity contribution >= 4 is 13.5 Å². The fourth-order valence-electron chi connectivity index (χ4n) is 0.599. The van der Waals surface area contributed by atoms with E-state index in [4.69, 9.17) is 0 Å². The van der Waals surface area contributed by atoms with Crippen LogP contribution in [0.1, 0.15) is 27.2 Å². The lowest BCUT2D eigenvalue weighted by molar-refractivity contribution is 0.397. The van der Waals surface area contributed by atoms with Crippen LogP contribution in [0.25, 0.3) is 0 Å². The second kappa shape index (κ2) is 4.29. The molecule has 0 spiro atoms. The van der Waals surface area contributed by atoms with Crippen molar-refractivity contribution in [3.05, 3.63) is 0 Å². The zero-order valence-electron chi connectivity index (χ0n) is 6.85. The van der Waals surface area contributed by atoms with Crippen LogP contribution in [0, 0.1) is 5.41 Å². The summed E-state index contributed by atoms with van der Waals surface area (Å²) >= 11 is 0. The first-order chi connectivity index (χ1) is 4.56. The third-order valence-corrected chi connectivity index (χ3v) is 1.17. The molecule has 0 aliphatic rings. The summed E-state index contributed by atoms with van der Waals surface area (Å²) in [6.07, 6.45) is 3.39. The minimum atomic E-state index is 0.328. The highest BCUT2D eigenvalue weighted by Crippen LogP contribution is 2.20. The lowest BCUT2D eigenvalue weighted by atomic mass is 9.79. The minimum absolute atomic E-state index is 0.328. The zero-order chi connectivity index (χ0) is 8.04. The maximum Gasteiger partial charge on any atom is 0.292 e. The molecule has 0 N–H and O–H groups in total. The van der Waals surface area contributed by atoms with Gasteiger partial charge in [-0.2, -0.15) is 0 Å². The average Bonchev–Trinajstić information content (AvgIpc) is 1.78. The van der Waals surface area contributed by atoms with E-state index >= 15 is 0 Å². The van der Waals surface area contributed by atoms with Crippen molar-refractivity contribution in [2.24, 2.45) is 10.3 Å². The first-order valence-corrected chi connectivity index (χ1v) is 3.45. The summed E-state index contributed by atoms with van der Waals surface area (Å²) < 4.78 is 0. The Morgan fingerprint density at radius 3 is 2.50 bits per heavy atom. The number of carbonyl (C=O) groups excluding carboxylic acids is 1. The summed E-state index contributed by atoms with van der Waals surface area (Å²) in [5, 5.41) is 0. The zero-order valence-corrected chi connectivity index (χ0v) is 6.85. The van der Waals surface area contributed by atoms with Crippen molar-refractivity contribution in [3.63, 3.8) is 0 Å². The molecule has 55 valence electrons. The number of nitrogens with zero attached hydrogens (tertiary/aromatic N) is 1.